The maximum absolute atomic E-state index is 7.84. The van der Waals surface area contributed by atoms with Crippen LogP contribution in [-0.4, -0.2) is 0 Å². The number of hydrogen-bond acceptors (Lipinski definition) is 1. The Hall–Kier alpha value is -4.97. The molecular weight excluding hydrogens is 527 g/mol. The summed E-state index contributed by atoms with van der Waals surface area (Å²) in [7, 11) is 0. The molecule has 0 atom stereocenters. The van der Waals surface area contributed by atoms with E-state index in [0.29, 0.717) is 0 Å². The van der Waals surface area contributed by atoms with Crippen LogP contribution in [0.2, 0.25) is 0 Å². The molecule has 0 saturated heterocycles. The van der Waals surface area contributed by atoms with Crippen molar-refractivity contribution in [1.82, 2.24) is 0 Å². The third-order valence-electron chi connectivity index (χ3n) is 8.22. The summed E-state index contributed by atoms with van der Waals surface area (Å²) in [6.45, 7) is -3.95. The molecule has 1 nitrogen and oxygen atoms in total. The molecule has 202 valence electrons. The quantitative estimate of drug-likeness (QED) is 0.178. The molecular formula is C40H31OP. The van der Waals surface area contributed by atoms with Gasteiger partial charge in [0.15, 0.2) is 0 Å². The molecule has 0 bridgehead atoms. The van der Waals surface area contributed by atoms with Crippen LogP contribution in [0.15, 0.2) is 188 Å². The summed E-state index contributed by atoms with van der Waals surface area (Å²) in [5.74, 6) is 0.833. The summed E-state index contributed by atoms with van der Waals surface area (Å²) in [5, 5.41) is 7.06. The van der Waals surface area contributed by atoms with Crippen LogP contribution >= 0.6 is 6.83 Å². The van der Waals surface area contributed by atoms with Crippen molar-refractivity contribution in [3.8, 4) is 16.9 Å². The van der Waals surface area contributed by atoms with E-state index in [1.165, 1.54) is 27.2 Å². The van der Waals surface area contributed by atoms with Crippen molar-refractivity contribution in [2.24, 2.45) is 0 Å². The van der Waals surface area contributed by atoms with Gasteiger partial charge >= 0.3 is 248 Å². The zero-order valence-corrected chi connectivity index (χ0v) is 24.1. The first-order chi connectivity index (χ1) is 20.8. The van der Waals surface area contributed by atoms with Crippen LogP contribution < -0.4 is 25.7 Å². The van der Waals surface area contributed by atoms with Gasteiger partial charge in [0.05, 0.1) is 0 Å². The van der Waals surface area contributed by atoms with Gasteiger partial charge in [-0.2, -0.15) is 0 Å². The molecule has 0 unspecified atom stereocenters. The Balaban J connectivity index is 1.74. The van der Waals surface area contributed by atoms with Gasteiger partial charge in [0.25, 0.3) is 0 Å². The van der Waals surface area contributed by atoms with Crippen LogP contribution in [0.25, 0.3) is 21.9 Å². The van der Waals surface area contributed by atoms with Gasteiger partial charge in [0.1, 0.15) is 0 Å². The molecule has 0 N–H and O–H groups in total. The summed E-state index contributed by atoms with van der Waals surface area (Å²) in [5.41, 5.74) is 2.36. The monoisotopic (exact) mass is 558 g/mol. The van der Waals surface area contributed by atoms with Crippen molar-refractivity contribution in [3.63, 3.8) is 0 Å². The number of hydrogen-bond donors (Lipinski definition) is 0. The summed E-state index contributed by atoms with van der Waals surface area (Å²) < 4.78 is 7.84. The summed E-state index contributed by atoms with van der Waals surface area (Å²) in [4.78, 5) is 0. The third-order valence-corrected chi connectivity index (χ3v) is 14.0. The fourth-order valence-electron chi connectivity index (χ4n) is 6.44. The molecule has 7 rings (SSSR count). The fraction of sp³-hybridized carbons (Fsp3) is 0. The Morgan fingerprint density at radius 1 is 0.333 bits per heavy atom. The molecule has 0 saturated carbocycles. The molecule has 0 amide bonds. The summed E-state index contributed by atoms with van der Waals surface area (Å²) in [6.07, 6.45) is 0. The van der Waals surface area contributed by atoms with Crippen molar-refractivity contribution in [2.45, 2.75) is 0 Å². The normalized spacial score (nSPS) is 12.3. The SMILES string of the molecule is c1ccc(OP(c2ccccc2)(c2ccccc2)(c2ccccc2)c2ccccc2-c2cccc3ccccc23)cc1. The van der Waals surface area contributed by atoms with E-state index < -0.39 is 6.83 Å². The van der Waals surface area contributed by atoms with Crippen LogP contribution in [-0.2, 0) is 0 Å². The predicted octanol–water partition coefficient (Wildman–Crippen LogP) is 8.66. The minimum absolute atomic E-state index is 0.833. The van der Waals surface area contributed by atoms with Crippen LogP contribution in [0.1, 0.15) is 0 Å². The Morgan fingerprint density at radius 2 is 0.762 bits per heavy atom. The molecule has 2 heteroatoms. The standard InChI is InChI=1S/C40H31OP/c1-5-20-33(21-6-1)41-42(34-22-7-2-8-23-34,35-24-9-3-10-25-35,36-26-11-4-12-27-36)40-31-16-15-29-39(40)38-30-17-19-32-18-13-14-28-37(32)38/h1-31H. The van der Waals surface area contributed by atoms with Crippen LogP contribution in [0, 0.1) is 0 Å². The van der Waals surface area contributed by atoms with Crippen molar-refractivity contribution in [1.29, 1.82) is 0 Å². The molecule has 0 aliphatic carbocycles. The number of rotatable bonds is 7. The topological polar surface area (TPSA) is 9.23 Å². The van der Waals surface area contributed by atoms with E-state index in [-0.39, 0.29) is 0 Å². The second-order valence-electron chi connectivity index (χ2n) is 10.5. The third kappa shape index (κ3) is 3.97. The van der Waals surface area contributed by atoms with Gasteiger partial charge in [-0.1, -0.05) is 0 Å². The second-order valence-corrected chi connectivity index (χ2v) is 14.8. The molecule has 7 aromatic carbocycles. The minimum atomic E-state index is -3.95. The van der Waals surface area contributed by atoms with Gasteiger partial charge in [-0.3, -0.25) is 0 Å². The zero-order valence-electron chi connectivity index (χ0n) is 23.3. The molecule has 0 aliphatic rings. The van der Waals surface area contributed by atoms with Gasteiger partial charge < -0.3 is 0 Å². The Labute approximate surface area is 247 Å². The van der Waals surface area contributed by atoms with Crippen LogP contribution in [0.4, 0.5) is 0 Å². The van der Waals surface area contributed by atoms with E-state index in [4.69, 9.17) is 4.52 Å². The van der Waals surface area contributed by atoms with Gasteiger partial charge in [-0.05, 0) is 0 Å². The molecule has 0 aromatic heterocycles. The first-order valence-electron chi connectivity index (χ1n) is 14.3. The number of para-hydroxylation sites is 1. The number of benzene rings is 7. The number of fused-ring (bicyclic) bond motifs is 1. The van der Waals surface area contributed by atoms with Crippen molar-refractivity contribution in [2.75, 3.05) is 0 Å². The molecule has 0 aliphatic heterocycles. The van der Waals surface area contributed by atoms with E-state index in [2.05, 4.69) is 182 Å². The second kappa shape index (κ2) is 10.8. The molecule has 0 spiro atoms. The molecule has 7 aromatic rings. The van der Waals surface area contributed by atoms with Gasteiger partial charge in [-0.15, -0.1) is 0 Å². The Morgan fingerprint density at radius 3 is 1.36 bits per heavy atom. The first kappa shape index (κ1) is 26.0. The van der Waals surface area contributed by atoms with Crippen LogP contribution in [0.3, 0.4) is 0 Å². The van der Waals surface area contributed by atoms with Gasteiger partial charge in [0, 0.05) is 0 Å². The first-order valence-corrected chi connectivity index (χ1v) is 16.5. The summed E-state index contributed by atoms with van der Waals surface area (Å²) in [6, 6.07) is 67.0. The molecule has 0 heterocycles. The molecule has 0 fully saturated rings. The van der Waals surface area contributed by atoms with Gasteiger partial charge in [-0.25, -0.2) is 0 Å². The Bertz CT molecular complexity index is 1850. The zero-order chi connectivity index (χ0) is 28.3. The van der Waals surface area contributed by atoms with E-state index in [9.17, 15) is 0 Å². The van der Waals surface area contributed by atoms with Crippen LogP contribution in [0.5, 0.6) is 5.75 Å². The van der Waals surface area contributed by atoms with E-state index in [0.717, 1.165) is 21.7 Å². The van der Waals surface area contributed by atoms with Crippen molar-refractivity contribution >= 4 is 38.8 Å². The van der Waals surface area contributed by atoms with E-state index in [1.54, 1.807) is 0 Å². The average Bonchev–Trinajstić information content (AvgIpc) is 3.09. The van der Waals surface area contributed by atoms with E-state index >= 15 is 0 Å². The molecule has 42 heavy (non-hydrogen) atoms. The fourth-order valence-corrected chi connectivity index (χ4v) is 12.4. The summed E-state index contributed by atoms with van der Waals surface area (Å²) >= 11 is 0. The van der Waals surface area contributed by atoms with Crippen molar-refractivity contribution < 1.29 is 4.52 Å². The maximum atomic E-state index is 7.84. The molecule has 0 radical (unpaired) electrons. The van der Waals surface area contributed by atoms with E-state index in [1.807, 2.05) is 6.07 Å². The van der Waals surface area contributed by atoms with Crippen molar-refractivity contribution in [3.05, 3.63) is 188 Å². The van der Waals surface area contributed by atoms with Gasteiger partial charge in [0.2, 0.25) is 0 Å². The Kier molecular flexibility index (Phi) is 6.67. The predicted molar refractivity (Wildman–Crippen MR) is 181 cm³/mol. The average molecular weight is 559 g/mol.